The fraction of sp³-hybridized carbons (Fsp3) is 0.222. The number of nitrogens with two attached hydrogens (primary N) is 1. The van der Waals surface area contributed by atoms with Crippen molar-refractivity contribution in [1.82, 2.24) is 15.0 Å². The van der Waals surface area contributed by atoms with Gasteiger partial charge in [-0.25, -0.2) is 15.0 Å². The van der Waals surface area contributed by atoms with Gasteiger partial charge in [0.15, 0.2) is 5.82 Å². The predicted molar refractivity (Wildman–Crippen MR) is 60.0 cm³/mol. The first-order valence-corrected chi connectivity index (χ1v) is 4.96. The third-order valence-corrected chi connectivity index (χ3v) is 2.27. The van der Waals surface area contributed by atoms with Crippen LogP contribution in [0.4, 0.5) is 11.6 Å². The van der Waals surface area contributed by atoms with E-state index in [1.54, 1.807) is 6.20 Å². The van der Waals surface area contributed by atoms with Crippen LogP contribution in [0.5, 0.6) is 0 Å². The zero-order valence-corrected chi connectivity index (χ0v) is 9.32. The second-order valence-electron chi connectivity index (χ2n) is 3.14. The number of rotatable bonds is 3. The second kappa shape index (κ2) is 4.36. The summed E-state index contributed by atoms with van der Waals surface area (Å²) in [6.45, 7) is 2.22. The summed E-state index contributed by atoms with van der Waals surface area (Å²) >= 11 is 5.90. The fourth-order valence-corrected chi connectivity index (χ4v) is 1.31. The molecule has 0 saturated carbocycles. The zero-order chi connectivity index (χ0) is 11.5. The topological polar surface area (TPSA) is 89.9 Å². The lowest BCUT2D eigenvalue weighted by atomic mass is 10.5. The van der Waals surface area contributed by atoms with Crippen LogP contribution in [0.25, 0.3) is 0 Å². The highest BCUT2D eigenvalue weighted by Crippen LogP contribution is 2.23. The first-order chi connectivity index (χ1) is 7.66. The molecule has 6 nitrogen and oxygen atoms in total. The number of hydrogen-bond donors (Lipinski definition) is 2. The van der Waals surface area contributed by atoms with Crippen molar-refractivity contribution in [3.05, 3.63) is 29.2 Å². The predicted octanol–water partition coefficient (Wildman–Crippen LogP) is 1.62. The largest absolute Gasteiger partial charge is 0.444 e. The van der Waals surface area contributed by atoms with Gasteiger partial charge in [-0.1, -0.05) is 11.6 Å². The molecule has 0 aliphatic carbocycles. The molecule has 0 fully saturated rings. The SMILES string of the molecule is Cc1cnc(CNc2ncnc(N)c2Cl)o1. The fourth-order valence-electron chi connectivity index (χ4n) is 1.15. The quantitative estimate of drug-likeness (QED) is 0.846. The lowest BCUT2D eigenvalue weighted by Gasteiger charge is -2.05. The van der Waals surface area contributed by atoms with Crippen molar-refractivity contribution in [3.63, 3.8) is 0 Å². The maximum absolute atomic E-state index is 5.90. The molecule has 2 aromatic heterocycles. The Hall–Kier alpha value is -1.82. The van der Waals surface area contributed by atoms with E-state index in [-0.39, 0.29) is 5.82 Å². The van der Waals surface area contributed by atoms with Gasteiger partial charge in [-0.2, -0.15) is 0 Å². The average molecular weight is 240 g/mol. The maximum Gasteiger partial charge on any atom is 0.213 e. The van der Waals surface area contributed by atoms with Crippen molar-refractivity contribution in [2.45, 2.75) is 13.5 Å². The standard InChI is InChI=1S/C9H10ClN5O/c1-5-2-12-6(16-5)3-13-9-7(10)8(11)14-4-15-9/h2,4H,3H2,1H3,(H3,11,13,14,15). The normalized spacial score (nSPS) is 10.4. The van der Waals surface area contributed by atoms with Crippen LogP contribution in [0.3, 0.4) is 0 Å². The molecule has 0 radical (unpaired) electrons. The van der Waals surface area contributed by atoms with Gasteiger partial charge in [0, 0.05) is 0 Å². The lowest BCUT2D eigenvalue weighted by molar-refractivity contribution is 0.479. The van der Waals surface area contributed by atoms with E-state index >= 15 is 0 Å². The number of aromatic nitrogens is 3. The van der Waals surface area contributed by atoms with Crippen molar-refractivity contribution in [2.75, 3.05) is 11.1 Å². The molecule has 0 amide bonds. The van der Waals surface area contributed by atoms with Gasteiger partial charge < -0.3 is 15.5 Å². The Morgan fingerprint density at radius 1 is 1.44 bits per heavy atom. The van der Waals surface area contributed by atoms with E-state index in [4.69, 9.17) is 21.8 Å². The molecule has 0 aliphatic heterocycles. The van der Waals surface area contributed by atoms with E-state index in [1.165, 1.54) is 6.33 Å². The Kier molecular flexibility index (Phi) is 2.91. The van der Waals surface area contributed by atoms with Crippen LogP contribution in [-0.4, -0.2) is 15.0 Å². The van der Waals surface area contributed by atoms with Gasteiger partial charge in [0.25, 0.3) is 0 Å². The molecule has 84 valence electrons. The molecule has 0 unspecified atom stereocenters. The molecule has 3 N–H and O–H groups in total. The molecule has 0 spiro atoms. The van der Waals surface area contributed by atoms with Gasteiger partial charge in [0.05, 0.1) is 12.7 Å². The van der Waals surface area contributed by atoms with Gasteiger partial charge in [0.2, 0.25) is 5.89 Å². The molecule has 7 heteroatoms. The highest BCUT2D eigenvalue weighted by Gasteiger charge is 2.07. The first kappa shape index (κ1) is 10.7. The van der Waals surface area contributed by atoms with Crippen molar-refractivity contribution in [1.29, 1.82) is 0 Å². The minimum Gasteiger partial charge on any atom is -0.444 e. The van der Waals surface area contributed by atoms with Gasteiger partial charge in [-0.3, -0.25) is 0 Å². The Morgan fingerprint density at radius 3 is 2.94 bits per heavy atom. The third-order valence-electron chi connectivity index (χ3n) is 1.89. The van der Waals surface area contributed by atoms with Crippen molar-refractivity contribution < 1.29 is 4.42 Å². The van der Waals surface area contributed by atoms with E-state index in [2.05, 4.69) is 20.3 Å². The van der Waals surface area contributed by atoms with Crippen LogP contribution in [0, 0.1) is 6.92 Å². The number of nitrogens with zero attached hydrogens (tertiary/aromatic N) is 3. The second-order valence-corrected chi connectivity index (χ2v) is 3.52. The maximum atomic E-state index is 5.90. The average Bonchev–Trinajstić information content (AvgIpc) is 2.67. The molecular formula is C9H10ClN5O. The summed E-state index contributed by atoms with van der Waals surface area (Å²) in [5.41, 5.74) is 5.53. The van der Waals surface area contributed by atoms with Gasteiger partial charge in [-0.05, 0) is 6.92 Å². The van der Waals surface area contributed by atoms with Gasteiger partial charge >= 0.3 is 0 Å². The molecule has 0 atom stereocenters. The summed E-state index contributed by atoms with van der Waals surface area (Å²) in [5.74, 6) is 2.02. The number of hydrogen-bond acceptors (Lipinski definition) is 6. The Balaban J connectivity index is 2.07. The zero-order valence-electron chi connectivity index (χ0n) is 8.57. The van der Waals surface area contributed by atoms with Crippen molar-refractivity contribution in [2.24, 2.45) is 0 Å². The lowest BCUT2D eigenvalue weighted by Crippen LogP contribution is -2.04. The minimum absolute atomic E-state index is 0.239. The molecule has 0 bridgehead atoms. The highest BCUT2D eigenvalue weighted by atomic mass is 35.5. The summed E-state index contributed by atoms with van der Waals surface area (Å²) in [6.07, 6.45) is 2.98. The minimum atomic E-state index is 0.239. The van der Waals surface area contributed by atoms with E-state index in [0.717, 1.165) is 5.76 Å². The molecule has 0 saturated heterocycles. The van der Waals surface area contributed by atoms with Crippen LogP contribution in [-0.2, 0) is 6.54 Å². The number of anilines is 2. The first-order valence-electron chi connectivity index (χ1n) is 4.58. The van der Waals surface area contributed by atoms with E-state index in [1.807, 2.05) is 6.92 Å². The Morgan fingerprint density at radius 2 is 2.25 bits per heavy atom. The molecule has 0 aromatic carbocycles. The molecule has 2 rings (SSSR count). The number of nitrogen functional groups attached to an aromatic ring is 1. The van der Waals surface area contributed by atoms with Crippen LogP contribution in [0.2, 0.25) is 5.02 Å². The summed E-state index contributed by atoms with van der Waals surface area (Å²) < 4.78 is 5.28. The smallest absolute Gasteiger partial charge is 0.213 e. The molecule has 0 aliphatic rings. The number of oxazole rings is 1. The number of nitrogens with one attached hydrogen (secondary N) is 1. The molecular weight excluding hydrogens is 230 g/mol. The van der Waals surface area contributed by atoms with E-state index in [0.29, 0.717) is 23.3 Å². The molecule has 16 heavy (non-hydrogen) atoms. The monoisotopic (exact) mass is 239 g/mol. The van der Waals surface area contributed by atoms with Gasteiger partial charge in [0.1, 0.15) is 22.9 Å². The third kappa shape index (κ3) is 2.22. The molecule has 2 heterocycles. The Bertz CT molecular complexity index is 498. The number of aryl methyl sites for hydroxylation is 1. The van der Waals surface area contributed by atoms with E-state index in [9.17, 15) is 0 Å². The summed E-state index contributed by atoms with van der Waals surface area (Å²) in [4.78, 5) is 11.7. The summed E-state index contributed by atoms with van der Waals surface area (Å²) in [5, 5.41) is 3.26. The van der Waals surface area contributed by atoms with Crippen LogP contribution in [0.15, 0.2) is 16.9 Å². The van der Waals surface area contributed by atoms with Gasteiger partial charge in [-0.15, -0.1) is 0 Å². The summed E-state index contributed by atoms with van der Waals surface area (Å²) in [7, 11) is 0. The van der Waals surface area contributed by atoms with Crippen LogP contribution in [0.1, 0.15) is 11.7 Å². The van der Waals surface area contributed by atoms with Crippen molar-refractivity contribution in [3.8, 4) is 0 Å². The highest BCUT2D eigenvalue weighted by molar-refractivity contribution is 6.35. The van der Waals surface area contributed by atoms with Crippen LogP contribution < -0.4 is 11.1 Å². The van der Waals surface area contributed by atoms with E-state index < -0.39 is 0 Å². The molecule has 2 aromatic rings. The van der Waals surface area contributed by atoms with Crippen molar-refractivity contribution >= 4 is 23.2 Å². The Labute approximate surface area is 96.9 Å². The van der Waals surface area contributed by atoms with Crippen LogP contribution >= 0.6 is 11.6 Å². The summed E-state index contributed by atoms with van der Waals surface area (Å²) in [6, 6.07) is 0. The number of halogens is 1.